The van der Waals surface area contributed by atoms with E-state index in [1.54, 1.807) is 0 Å². The molecule has 0 aromatic heterocycles. The van der Waals surface area contributed by atoms with Crippen LogP contribution in [-0.4, -0.2) is 6.61 Å². The van der Waals surface area contributed by atoms with Crippen LogP contribution in [0.4, 0.5) is 0 Å². The van der Waals surface area contributed by atoms with Crippen LogP contribution in [0.5, 0.6) is 0 Å². The molecule has 0 rings (SSSR count). The van der Waals surface area contributed by atoms with E-state index in [2.05, 4.69) is 53.5 Å². The van der Waals surface area contributed by atoms with Crippen LogP contribution in [0.3, 0.4) is 0 Å². The zero-order valence-corrected chi connectivity index (χ0v) is 13.3. The van der Waals surface area contributed by atoms with Crippen molar-refractivity contribution in [1.82, 2.24) is 0 Å². The largest absolute Gasteiger partial charge is 0.315 e. The quantitative estimate of drug-likeness (QED) is 0.148. The van der Waals surface area contributed by atoms with Gasteiger partial charge >= 0.3 is 0 Å². The van der Waals surface area contributed by atoms with E-state index < -0.39 is 0 Å². The highest BCUT2D eigenvalue weighted by Gasteiger charge is 1.96. The van der Waals surface area contributed by atoms with Gasteiger partial charge in [0.1, 0.15) is 6.26 Å². The van der Waals surface area contributed by atoms with Gasteiger partial charge in [-0.25, -0.2) is 4.89 Å². The van der Waals surface area contributed by atoms with Crippen LogP contribution in [0.25, 0.3) is 0 Å². The van der Waals surface area contributed by atoms with Gasteiger partial charge in [-0.2, -0.15) is 0 Å². The van der Waals surface area contributed by atoms with Gasteiger partial charge in [0, 0.05) is 15.1 Å². The third kappa shape index (κ3) is 19.3. The summed E-state index contributed by atoms with van der Waals surface area (Å²) in [4.78, 5) is 8.73. The van der Waals surface area contributed by atoms with Crippen LogP contribution in [0.15, 0.2) is 12.8 Å². The van der Waals surface area contributed by atoms with Gasteiger partial charge in [-0.15, -0.1) is 0 Å². The molecule has 0 N–H and O–H groups in total. The Hall–Kier alpha value is -0.740. The van der Waals surface area contributed by atoms with Crippen molar-refractivity contribution in [2.24, 2.45) is 0 Å². The minimum absolute atomic E-state index is 0.400. The summed E-state index contributed by atoms with van der Waals surface area (Å²) in [5.74, 6) is 0. The van der Waals surface area contributed by atoms with Gasteiger partial charge in [-0.05, 0) is 21.5 Å². The van der Waals surface area contributed by atoms with E-state index in [-0.39, 0.29) is 0 Å². The second kappa shape index (κ2) is 20.3. The molecule has 0 amide bonds. The number of unbranched alkanes of at least 4 members (excludes halogenated alkanes) is 9. The summed E-state index contributed by atoms with van der Waals surface area (Å²) < 4.78 is 0. The van der Waals surface area contributed by atoms with Crippen molar-refractivity contribution >= 4 is 0 Å². The molecule has 0 saturated carbocycles. The summed E-state index contributed by atoms with van der Waals surface area (Å²) in [6.07, 6.45) is 13.4. The summed E-state index contributed by atoms with van der Waals surface area (Å²) in [7, 11) is 0. The molecule has 22 heavy (non-hydrogen) atoms. The van der Waals surface area contributed by atoms with E-state index in [9.17, 15) is 0 Å². The van der Waals surface area contributed by atoms with Gasteiger partial charge in [0.15, 0.2) is 0 Å². The van der Waals surface area contributed by atoms with E-state index >= 15 is 0 Å². The first-order valence-electron chi connectivity index (χ1n) is 7.81. The molecule has 132 valence electrons. The molecular weight excluding hydrogens is 296 g/mol. The maximum absolute atomic E-state index is 4.66. The normalized spacial score (nSPS) is 10.8. The van der Waals surface area contributed by atoms with Gasteiger partial charge in [0.05, 0.1) is 6.61 Å². The van der Waals surface area contributed by atoms with Crippen LogP contribution < -0.4 is 0 Å². The molecule has 0 heterocycles. The smallest absolute Gasteiger partial charge is 0.125 e. The molecule has 0 saturated heterocycles. The van der Waals surface area contributed by atoms with E-state index in [1.807, 2.05) is 0 Å². The summed E-state index contributed by atoms with van der Waals surface area (Å²) in [6, 6.07) is 0. The predicted octanol–water partition coefficient (Wildman–Crippen LogP) is 4.59. The molecule has 0 atom stereocenters. The molecular formula is C14H28O8. The number of rotatable bonds is 19. The first kappa shape index (κ1) is 21.3. The molecule has 8 heteroatoms. The van der Waals surface area contributed by atoms with E-state index in [0.29, 0.717) is 6.61 Å². The third-order valence-electron chi connectivity index (χ3n) is 2.88. The Morgan fingerprint density at radius 2 is 1.14 bits per heavy atom. The number of hydrogen-bond acceptors (Lipinski definition) is 8. The van der Waals surface area contributed by atoms with Crippen LogP contribution in [0, 0.1) is 0 Å². The van der Waals surface area contributed by atoms with E-state index in [4.69, 9.17) is 0 Å². The fraction of sp³-hybridized carbons (Fsp3) is 0.857. The topological polar surface area (TPSA) is 73.8 Å². The summed E-state index contributed by atoms with van der Waals surface area (Å²) in [6.45, 7) is 5.81. The fourth-order valence-corrected chi connectivity index (χ4v) is 1.79. The van der Waals surface area contributed by atoms with Crippen LogP contribution in [0.1, 0.15) is 71.1 Å². The van der Waals surface area contributed by atoms with Crippen LogP contribution in [-0.2, 0) is 40.0 Å². The zero-order chi connectivity index (χ0) is 16.1. The third-order valence-corrected chi connectivity index (χ3v) is 2.88. The molecule has 0 aromatic rings. The SMILES string of the molecule is C=COOOOOOOOCCCCCCCCCCCC. The first-order chi connectivity index (χ1) is 10.9. The van der Waals surface area contributed by atoms with Gasteiger partial charge < -0.3 is 4.89 Å². The molecule has 0 fully saturated rings. The average Bonchev–Trinajstić information content (AvgIpc) is 2.54. The molecule has 0 unspecified atom stereocenters. The molecule has 0 spiro atoms. The van der Waals surface area contributed by atoms with Gasteiger partial charge in [-0.1, -0.05) is 71.3 Å². The van der Waals surface area contributed by atoms with Crippen molar-refractivity contribution < 1.29 is 40.0 Å². The Morgan fingerprint density at radius 1 is 0.636 bits per heavy atom. The standard InChI is InChI=1S/C14H28O8/c1-3-5-6-7-8-9-10-11-12-13-14-16-18-20-22-21-19-17-15-4-2/h4H,2-3,5-14H2,1H3. The van der Waals surface area contributed by atoms with Crippen LogP contribution >= 0.6 is 0 Å². The summed E-state index contributed by atoms with van der Waals surface area (Å²) in [5.41, 5.74) is 0. The Morgan fingerprint density at radius 3 is 1.73 bits per heavy atom. The van der Waals surface area contributed by atoms with Crippen molar-refractivity contribution in [3.8, 4) is 0 Å². The molecule has 0 radical (unpaired) electrons. The molecule has 0 aliphatic carbocycles. The molecule has 8 nitrogen and oxygen atoms in total. The second-order valence-corrected chi connectivity index (χ2v) is 4.68. The molecule has 0 bridgehead atoms. The van der Waals surface area contributed by atoms with Crippen molar-refractivity contribution in [2.45, 2.75) is 71.1 Å². The molecule has 0 aliphatic rings. The minimum atomic E-state index is 0.400. The monoisotopic (exact) mass is 324 g/mol. The highest BCUT2D eigenvalue weighted by Crippen LogP contribution is 2.10. The maximum atomic E-state index is 4.66. The average molecular weight is 324 g/mol. The van der Waals surface area contributed by atoms with Gasteiger partial charge in [0.25, 0.3) is 0 Å². The van der Waals surface area contributed by atoms with E-state index in [0.717, 1.165) is 19.1 Å². The fourth-order valence-electron chi connectivity index (χ4n) is 1.79. The second-order valence-electron chi connectivity index (χ2n) is 4.68. The Kier molecular flexibility index (Phi) is 19.6. The van der Waals surface area contributed by atoms with Gasteiger partial charge in [-0.3, -0.25) is 0 Å². The lowest BCUT2D eigenvalue weighted by atomic mass is 10.1. The van der Waals surface area contributed by atoms with Crippen molar-refractivity contribution in [1.29, 1.82) is 0 Å². The summed E-state index contributed by atoms with van der Waals surface area (Å²) in [5, 5.41) is 23.5. The first-order valence-corrected chi connectivity index (χ1v) is 7.81. The van der Waals surface area contributed by atoms with Crippen molar-refractivity contribution in [3.05, 3.63) is 12.8 Å². The summed E-state index contributed by atoms with van der Waals surface area (Å²) >= 11 is 0. The van der Waals surface area contributed by atoms with E-state index in [1.165, 1.54) is 51.4 Å². The number of hydrogen-bond donors (Lipinski definition) is 0. The lowest BCUT2D eigenvalue weighted by molar-refractivity contribution is -0.811. The lowest BCUT2D eigenvalue weighted by Crippen LogP contribution is -2.02. The maximum Gasteiger partial charge on any atom is 0.125 e. The highest BCUT2D eigenvalue weighted by atomic mass is 17.9. The van der Waals surface area contributed by atoms with Crippen molar-refractivity contribution in [2.75, 3.05) is 6.61 Å². The highest BCUT2D eigenvalue weighted by molar-refractivity contribution is 4.46. The van der Waals surface area contributed by atoms with Crippen molar-refractivity contribution in [3.63, 3.8) is 0 Å². The molecule has 0 aromatic carbocycles. The predicted molar refractivity (Wildman–Crippen MR) is 75.6 cm³/mol. The Labute approximate surface area is 131 Å². The molecule has 0 aliphatic heterocycles. The van der Waals surface area contributed by atoms with Crippen LogP contribution in [0.2, 0.25) is 0 Å². The zero-order valence-electron chi connectivity index (χ0n) is 13.3. The van der Waals surface area contributed by atoms with Gasteiger partial charge in [0.2, 0.25) is 0 Å². The minimum Gasteiger partial charge on any atom is -0.315 e. The lowest BCUT2D eigenvalue weighted by Gasteiger charge is -2.02. The Bertz CT molecular complexity index is 215. The Balaban J connectivity index is 2.92.